The third-order valence-electron chi connectivity index (χ3n) is 2.63. The van der Waals surface area contributed by atoms with E-state index in [-0.39, 0.29) is 16.6 Å². The van der Waals surface area contributed by atoms with Crippen molar-refractivity contribution in [1.82, 2.24) is 0 Å². The molecule has 0 amide bonds. The first kappa shape index (κ1) is 14.5. The van der Waals surface area contributed by atoms with Gasteiger partial charge < -0.3 is 4.74 Å². The number of halogens is 4. The van der Waals surface area contributed by atoms with Gasteiger partial charge in [-0.3, -0.25) is 0 Å². The zero-order valence-electron chi connectivity index (χ0n) is 9.80. The summed E-state index contributed by atoms with van der Waals surface area (Å²) in [5.41, 5.74) is 0.845. The molecule has 0 atom stereocenters. The molecule has 0 aromatic heterocycles. The van der Waals surface area contributed by atoms with Crippen LogP contribution in [0.15, 0.2) is 40.9 Å². The molecular weight excluding hydrogens is 382 g/mol. The summed E-state index contributed by atoms with van der Waals surface area (Å²) in [5.74, 6) is -0.633. The second-order valence-corrected chi connectivity index (χ2v) is 5.27. The van der Waals surface area contributed by atoms with E-state index in [1.165, 1.54) is 12.1 Å². The normalized spacial score (nSPS) is 10.5. The molecule has 0 spiro atoms. The van der Waals surface area contributed by atoms with Gasteiger partial charge in [0, 0.05) is 10.9 Å². The monoisotopic (exact) mass is 390 g/mol. The van der Waals surface area contributed by atoms with Crippen LogP contribution in [0.2, 0.25) is 0 Å². The molecule has 0 saturated heterocycles. The largest absolute Gasteiger partial charge is 0.488 e. The van der Waals surface area contributed by atoms with Gasteiger partial charge >= 0.3 is 0 Å². The summed E-state index contributed by atoms with van der Waals surface area (Å²) in [5, 5.41) is 0.618. The SMILES string of the molecule is Fc1ccc(Br)c(F)c1COc1ccccc1CBr. The third-order valence-corrected chi connectivity index (χ3v) is 3.84. The minimum absolute atomic E-state index is 0.0845. The lowest BCUT2D eigenvalue weighted by Crippen LogP contribution is -2.03. The van der Waals surface area contributed by atoms with E-state index in [4.69, 9.17) is 4.74 Å². The van der Waals surface area contributed by atoms with E-state index in [1.54, 1.807) is 6.07 Å². The molecular formula is C14H10Br2F2O. The molecule has 0 heterocycles. The highest BCUT2D eigenvalue weighted by molar-refractivity contribution is 9.10. The lowest BCUT2D eigenvalue weighted by molar-refractivity contribution is 0.290. The fourth-order valence-corrected chi connectivity index (χ4v) is 2.44. The molecule has 19 heavy (non-hydrogen) atoms. The lowest BCUT2D eigenvalue weighted by Gasteiger charge is -2.11. The number of alkyl halides is 1. The number of ether oxygens (including phenoxy) is 1. The Morgan fingerprint density at radius 3 is 2.53 bits per heavy atom. The van der Waals surface area contributed by atoms with Crippen molar-refractivity contribution in [3.63, 3.8) is 0 Å². The Hall–Kier alpha value is -0.940. The molecule has 1 nitrogen and oxygen atoms in total. The summed E-state index contributed by atoms with van der Waals surface area (Å²) in [7, 11) is 0. The van der Waals surface area contributed by atoms with Crippen molar-refractivity contribution < 1.29 is 13.5 Å². The van der Waals surface area contributed by atoms with Crippen molar-refractivity contribution in [2.24, 2.45) is 0 Å². The Balaban J connectivity index is 2.21. The molecule has 2 aromatic rings. The predicted octanol–water partition coefficient (Wildman–Crippen LogP) is 5.20. The van der Waals surface area contributed by atoms with Crippen LogP contribution in [-0.4, -0.2) is 0 Å². The smallest absolute Gasteiger partial charge is 0.146 e. The topological polar surface area (TPSA) is 9.23 Å². The molecule has 100 valence electrons. The lowest BCUT2D eigenvalue weighted by atomic mass is 10.2. The molecule has 0 aliphatic rings. The van der Waals surface area contributed by atoms with E-state index < -0.39 is 11.6 Å². The first-order valence-electron chi connectivity index (χ1n) is 5.52. The van der Waals surface area contributed by atoms with Gasteiger partial charge in [-0.05, 0) is 34.1 Å². The second kappa shape index (κ2) is 6.48. The third kappa shape index (κ3) is 3.34. The molecule has 2 rings (SSSR count). The van der Waals surface area contributed by atoms with Crippen molar-refractivity contribution in [1.29, 1.82) is 0 Å². The van der Waals surface area contributed by atoms with Crippen molar-refractivity contribution in [3.8, 4) is 5.75 Å². The molecule has 0 N–H and O–H groups in total. The summed E-state index contributed by atoms with van der Waals surface area (Å²) < 4.78 is 33.1. The minimum atomic E-state index is -0.628. The van der Waals surface area contributed by atoms with E-state index in [0.29, 0.717) is 11.1 Å². The number of hydrogen-bond acceptors (Lipinski definition) is 1. The molecule has 5 heteroatoms. The summed E-state index contributed by atoms with van der Waals surface area (Å²) in [4.78, 5) is 0. The van der Waals surface area contributed by atoms with Crippen LogP contribution in [0.5, 0.6) is 5.75 Å². The van der Waals surface area contributed by atoms with Gasteiger partial charge in [-0.1, -0.05) is 34.1 Å². The minimum Gasteiger partial charge on any atom is -0.488 e. The van der Waals surface area contributed by atoms with Gasteiger partial charge in [-0.25, -0.2) is 8.78 Å². The fourth-order valence-electron chi connectivity index (χ4n) is 1.61. The van der Waals surface area contributed by atoms with E-state index in [9.17, 15) is 8.78 Å². The van der Waals surface area contributed by atoms with Crippen molar-refractivity contribution in [3.05, 3.63) is 63.6 Å². The Kier molecular flexibility index (Phi) is 4.93. The van der Waals surface area contributed by atoms with Crippen molar-refractivity contribution in [2.45, 2.75) is 11.9 Å². The molecule has 2 aromatic carbocycles. The van der Waals surface area contributed by atoms with Gasteiger partial charge in [0.2, 0.25) is 0 Å². The standard InChI is InChI=1S/C14H10Br2F2O/c15-7-9-3-1-2-4-13(9)19-8-10-12(17)6-5-11(16)14(10)18/h1-6H,7-8H2. The molecule has 0 saturated carbocycles. The highest BCUT2D eigenvalue weighted by Gasteiger charge is 2.13. The van der Waals surface area contributed by atoms with Crippen LogP contribution in [0.25, 0.3) is 0 Å². The number of para-hydroxylation sites is 1. The Bertz CT molecular complexity index is 588. The number of rotatable bonds is 4. The average molecular weight is 392 g/mol. The molecule has 0 bridgehead atoms. The molecule has 0 fully saturated rings. The zero-order valence-corrected chi connectivity index (χ0v) is 13.0. The van der Waals surface area contributed by atoms with Gasteiger partial charge in [-0.2, -0.15) is 0 Å². The second-order valence-electron chi connectivity index (χ2n) is 3.85. The van der Waals surface area contributed by atoms with E-state index in [0.717, 1.165) is 5.56 Å². The predicted molar refractivity (Wildman–Crippen MR) is 77.5 cm³/mol. The highest BCUT2D eigenvalue weighted by atomic mass is 79.9. The quantitative estimate of drug-likeness (QED) is 0.514. The Labute approximate surface area is 126 Å². The zero-order chi connectivity index (χ0) is 13.8. The molecule has 0 radical (unpaired) electrons. The van der Waals surface area contributed by atoms with Gasteiger partial charge in [0.05, 0.1) is 10.0 Å². The van der Waals surface area contributed by atoms with Crippen LogP contribution in [0.3, 0.4) is 0 Å². The van der Waals surface area contributed by atoms with Gasteiger partial charge in [0.25, 0.3) is 0 Å². The number of benzene rings is 2. The van der Waals surface area contributed by atoms with Gasteiger partial charge in [-0.15, -0.1) is 0 Å². The highest BCUT2D eigenvalue weighted by Crippen LogP contribution is 2.25. The first-order chi connectivity index (χ1) is 9.13. The molecule has 0 aliphatic carbocycles. The van der Waals surface area contributed by atoms with Crippen LogP contribution >= 0.6 is 31.9 Å². The summed E-state index contributed by atoms with van der Waals surface area (Å²) in [6, 6.07) is 9.89. The van der Waals surface area contributed by atoms with E-state index in [1.807, 2.05) is 18.2 Å². The van der Waals surface area contributed by atoms with Crippen LogP contribution in [0.1, 0.15) is 11.1 Å². The van der Waals surface area contributed by atoms with E-state index >= 15 is 0 Å². The maximum absolute atomic E-state index is 13.8. The summed E-state index contributed by atoms with van der Waals surface area (Å²) >= 11 is 6.37. The molecule has 0 unspecified atom stereocenters. The Morgan fingerprint density at radius 1 is 1.05 bits per heavy atom. The van der Waals surface area contributed by atoms with Crippen LogP contribution < -0.4 is 4.74 Å². The van der Waals surface area contributed by atoms with E-state index in [2.05, 4.69) is 31.9 Å². The summed E-state index contributed by atoms with van der Waals surface area (Å²) in [6.45, 7) is -0.152. The van der Waals surface area contributed by atoms with Crippen molar-refractivity contribution in [2.75, 3.05) is 0 Å². The van der Waals surface area contributed by atoms with Gasteiger partial charge in [0.1, 0.15) is 24.0 Å². The fraction of sp³-hybridized carbons (Fsp3) is 0.143. The number of hydrogen-bond donors (Lipinski definition) is 0. The maximum atomic E-state index is 13.8. The van der Waals surface area contributed by atoms with Crippen LogP contribution in [-0.2, 0) is 11.9 Å². The average Bonchev–Trinajstić information content (AvgIpc) is 2.43. The first-order valence-corrected chi connectivity index (χ1v) is 7.44. The maximum Gasteiger partial charge on any atom is 0.146 e. The van der Waals surface area contributed by atoms with Crippen molar-refractivity contribution >= 4 is 31.9 Å². The van der Waals surface area contributed by atoms with Crippen LogP contribution in [0.4, 0.5) is 8.78 Å². The Morgan fingerprint density at radius 2 is 1.79 bits per heavy atom. The molecule has 0 aliphatic heterocycles. The van der Waals surface area contributed by atoms with Gasteiger partial charge in [0.15, 0.2) is 0 Å². The summed E-state index contributed by atoms with van der Waals surface area (Å²) in [6.07, 6.45) is 0. The van der Waals surface area contributed by atoms with Crippen LogP contribution in [0, 0.1) is 11.6 Å².